The van der Waals surface area contributed by atoms with Gasteiger partial charge in [-0.1, -0.05) is 24.3 Å². The highest BCUT2D eigenvalue weighted by molar-refractivity contribution is 5.87. The van der Waals surface area contributed by atoms with Crippen LogP contribution in [0.4, 0.5) is 14.6 Å². The second-order valence-corrected chi connectivity index (χ2v) is 9.96. The van der Waals surface area contributed by atoms with E-state index in [0.717, 1.165) is 40.7 Å². The van der Waals surface area contributed by atoms with Crippen molar-refractivity contribution in [3.05, 3.63) is 54.1 Å². The Bertz CT molecular complexity index is 1060. The Morgan fingerprint density at radius 3 is 2.16 bits per heavy atom. The molecule has 1 N–H and O–H groups in total. The van der Waals surface area contributed by atoms with Crippen molar-refractivity contribution >= 4 is 16.6 Å². The maximum absolute atomic E-state index is 12.9. The summed E-state index contributed by atoms with van der Waals surface area (Å²) in [5.74, 6) is 0.851. The first-order valence-electron chi connectivity index (χ1n) is 10.7. The summed E-state index contributed by atoms with van der Waals surface area (Å²) in [5, 5.41) is 14.4. The topological polar surface area (TPSA) is 41.1 Å². The molecule has 1 saturated heterocycles. The first-order chi connectivity index (χ1) is 14.5. The van der Waals surface area contributed by atoms with Crippen LogP contribution in [0.2, 0.25) is 0 Å². The fourth-order valence-electron chi connectivity index (χ4n) is 4.96. The minimum Gasteiger partial charge on any atom is -0.355 e. The molecule has 164 valence electrons. The maximum Gasteiger partial charge on any atom is 0.263 e. The molecule has 0 saturated carbocycles. The molecule has 0 unspecified atom stereocenters. The van der Waals surface area contributed by atoms with Crippen LogP contribution < -0.4 is 10.2 Å². The van der Waals surface area contributed by atoms with Crippen LogP contribution in [0.1, 0.15) is 52.5 Å². The minimum absolute atomic E-state index is 0.0386. The molecule has 0 atom stereocenters. The summed E-state index contributed by atoms with van der Waals surface area (Å²) in [5.41, 5.74) is 1.84. The molecular formula is C25H30F2N4. The minimum atomic E-state index is -2.46. The lowest BCUT2D eigenvalue weighted by Crippen LogP contribution is -2.62. The molecule has 3 aromatic rings. The van der Waals surface area contributed by atoms with E-state index in [0.29, 0.717) is 6.04 Å². The van der Waals surface area contributed by atoms with Crippen LogP contribution in [0.15, 0.2) is 48.5 Å². The zero-order valence-electron chi connectivity index (χ0n) is 18.8. The molecule has 1 aliphatic rings. The number of hydrogen-bond donors (Lipinski definition) is 1. The molecule has 4 rings (SSSR count). The van der Waals surface area contributed by atoms with Gasteiger partial charge in [0, 0.05) is 35.3 Å². The highest BCUT2D eigenvalue weighted by Crippen LogP contribution is 2.33. The van der Waals surface area contributed by atoms with Crippen molar-refractivity contribution in [1.82, 2.24) is 15.5 Å². The van der Waals surface area contributed by atoms with Crippen LogP contribution in [0, 0.1) is 0 Å². The second-order valence-electron chi connectivity index (χ2n) is 9.96. The summed E-state index contributed by atoms with van der Waals surface area (Å²) in [6.07, 6.45) is -0.404. The fourth-order valence-corrected chi connectivity index (χ4v) is 4.96. The number of hydrogen-bond acceptors (Lipinski definition) is 4. The van der Waals surface area contributed by atoms with Crippen LogP contribution in [0.5, 0.6) is 0 Å². The van der Waals surface area contributed by atoms with Crippen LogP contribution in [-0.2, 0) is 0 Å². The van der Waals surface area contributed by atoms with Crippen LogP contribution in [0.25, 0.3) is 22.0 Å². The molecule has 0 aliphatic carbocycles. The summed E-state index contributed by atoms with van der Waals surface area (Å²) in [6, 6.07) is 14.8. The Kier molecular flexibility index (Phi) is 5.46. The normalized spacial score (nSPS) is 18.5. The van der Waals surface area contributed by atoms with Crippen molar-refractivity contribution in [1.29, 1.82) is 0 Å². The monoisotopic (exact) mass is 424 g/mol. The summed E-state index contributed by atoms with van der Waals surface area (Å²) in [4.78, 5) is 2.23. The van der Waals surface area contributed by atoms with E-state index < -0.39 is 6.43 Å². The maximum atomic E-state index is 12.9. The third-order valence-corrected chi connectivity index (χ3v) is 6.14. The van der Waals surface area contributed by atoms with Gasteiger partial charge in [-0.2, -0.15) is 0 Å². The van der Waals surface area contributed by atoms with E-state index in [1.807, 2.05) is 30.3 Å². The number of anilines is 1. The third-order valence-electron chi connectivity index (χ3n) is 6.14. The highest BCUT2D eigenvalue weighted by Gasteiger charge is 2.39. The predicted molar refractivity (Wildman–Crippen MR) is 123 cm³/mol. The lowest BCUT2D eigenvalue weighted by molar-refractivity contribution is 0.151. The van der Waals surface area contributed by atoms with Gasteiger partial charge in [0.2, 0.25) is 0 Å². The number of alkyl halides is 2. The molecule has 1 fully saturated rings. The Labute approximate surface area is 182 Å². The van der Waals surface area contributed by atoms with Crippen LogP contribution >= 0.6 is 0 Å². The lowest BCUT2D eigenvalue weighted by Gasteiger charge is -2.49. The van der Waals surface area contributed by atoms with Gasteiger partial charge >= 0.3 is 0 Å². The molecule has 31 heavy (non-hydrogen) atoms. The van der Waals surface area contributed by atoms with E-state index >= 15 is 0 Å². The molecule has 1 aliphatic heterocycles. The number of benzene rings is 2. The molecule has 0 bridgehead atoms. The number of halogens is 2. The van der Waals surface area contributed by atoms with Crippen LogP contribution in [0.3, 0.4) is 0 Å². The molecule has 2 heterocycles. The van der Waals surface area contributed by atoms with Crippen molar-refractivity contribution in [2.75, 3.05) is 11.9 Å². The first kappa shape index (κ1) is 21.6. The van der Waals surface area contributed by atoms with Gasteiger partial charge in [-0.05, 0) is 75.6 Å². The fraction of sp³-hybridized carbons (Fsp3) is 0.440. The van der Waals surface area contributed by atoms with E-state index in [1.54, 1.807) is 6.07 Å². The molecule has 2 aromatic carbocycles. The number of fused-ring (bicyclic) bond motifs is 1. The zero-order chi connectivity index (χ0) is 22.4. The average molecular weight is 425 g/mol. The standard InChI is InChI=1S/C25H30F2N4/c1-24(2)14-20(15-25(3,4)30-24)31(5)22-11-10-21(28-29-22)18-8-6-17-13-19(23(26)27)9-7-16(17)12-18/h6-13,20,23,30H,14-15H2,1-5H3. The summed E-state index contributed by atoms with van der Waals surface area (Å²) < 4.78 is 25.9. The number of aromatic nitrogens is 2. The third kappa shape index (κ3) is 4.69. The van der Waals surface area contributed by atoms with E-state index in [4.69, 9.17) is 0 Å². The van der Waals surface area contributed by atoms with Crippen molar-refractivity contribution in [2.24, 2.45) is 0 Å². The quantitative estimate of drug-likeness (QED) is 0.559. The largest absolute Gasteiger partial charge is 0.355 e. The van der Waals surface area contributed by atoms with Gasteiger partial charge in [-0.25, -0.2) is 8.78 Å². The molecule has 0 radical (unpaired) electrons. The molecular weight excluding hydrogens is 394 g/mol. The van der Waals surface area contributed by atoms with Gasteiger partial charge < -0.3 is 10.2 Å². The summed E-state index contributed by atoms with van der Waals surface area (Å²) in [7, 11) is 2.09. The number of nitrogens with zero attached hydrogens (tertiary/aromatic N) is 3. The number of nitrogens with one attached hydrogen (secondary N) is 1. The van der Waals surface area contributed by atoms with E-state index in [2.05, 4.69) is 55.2 Å². The van der Waals surface area contributed by atoms with Gasteiger partial charge in [0.05, 0.1) is 5.69 Å². The van der Waals surface area contributed by atoms with Gasteiger partial charge in [-0.3, -0.25) is 0 Å². The van der Waals surface area contributed by atoms with Crippen molar-refractivity contribution in [3.63, 3.8) is 0 Å². The Morgan fingerprint density at radius 2 is 1.55 bits per heavy atom. The Hall–Kier alpha value is -2.60. The van der Waals surface area contributed by atoms with E-state index in [1.165, 1.54) is 12.1 Å². The van der Waals surface area contributed by atoms with E-state index in [-0.39, 0.29) is 16.6 Å². The number of piperidine rings is 1. The smallest absolute Gasteiger partial charge is 0.263 e. The van der Waals surface area contributed by atoms with Gasteiger partial charge in [-0.15, -0.1) is 10.2 Å². The first-order valence-corrected chi connectivity index (χ1v) is 10.7. The Morgan fingerprint density at radius 1 is 0.903 bits per heavy atom. The van der Waals surface area contributed by atoms with Gasteiger partial charge in [0.25, 0.3) is 6.43 Å². The van der Waals surface area contributed by atoms with Gasteiger partial charge in [0.1, 0.15) is 0 Å². The van der Waals surface area contributed by atoms with Crippen molar-refractivity contribution < 1.29 is 8.78 Å². The Balaban J connectivity index is 1.56. The predicted octanol–water partition coefficient (Wildman–Crippen LogP) is 5.98. The van der Waals surface area contributed by atoms with Crippen molar-refractivity contribution in [3.8, 4) is 11.3 Å². The molecule has 0 spiro atoms. The molecule has 4 nitrogen and oxygen atoms in total. The lowest BCUT2D eigenvalue weighted by atomic mass is 9.79. The average Bonchev–Trinajstić information content (AvgIpc) is 2.70. The summed E-state index contributed by atoms with van der Waals surface area (Å²) >= 11 is 0. The van der Waals surface area contributed by atoms with Crippen LogP contribution in [-0.4, -0.2) is 34.4 Å². The molecule has 1 aromatic heterocycles. The zero-order valence-corrected chi connectivity index (χ0v) is 18.8. The number of rotatable bonds is 4. The molecule has 6 heteroatoms. The summed E-state index contributed by atoms with van der Waals surface area (Å²) in [6.45, 7) is 8.97. The second kappa shape index (κ2) is 7.83. The van der Waals surface area contributed by atoms with E-state index in [9.17, 15) is 8.78 Å². The van der Waals surface area contributed by atoms with Crippen molar-refractivity contribution in [2.45, 2.75) is 64.1 Å². The van der Waals surface area contributed by atoms with Gasteiger partial charge in [0.15, 0.2) is 5.82 Å². The SMILES string of the molecule is CN(c1ccc(-c2ccc3cc(C(F)F)ccc3c2)nn1)C1CC(C)(C)NC(C)(C)C1. The highest BCUT2D eigenvalue weighted by atomic mass is 19.3. The molecule has 0 amide bonds.